The fraction of sp³-hybridized carbons (Fsp3) is 0.944. The first-order chi connectivity index (χ1) is 11.5. The zero-order valence-corrected chi connectivity index (χ0v) is 15.5. The maximum absolute atomic E-state index is 10.3. The molecule has 146 valence electrons. The van der Waals surface area contributed by atoms with Gasteiger partial charge >= 0.3 is 5.97 Å². The number of carboxylic acids is 1. The highest BCUT2D eigenvalue weighted by atomic mass is 16.5. The third-order valence-electron chi connectivity index (χ3n) is 3.64. The molecule has 0 aliphatic heterocycles. The number of rotatable bonds is 16. The lowest BCUT2D eigenvalue weighted by Gasteiger charge is -2.02. The van der Waals surface area contributed by atoms with Crippen LogP contribution in [-0.4, -0.2) is 47.2 Å². The van der Waals surface area contributed by atoms with Crippen LogP contribution in [0.1, 0.15) is 84.0 Å². The second-order valence-corrected chi connectivity index (χ2v) is 6.15. The van der Waals surface area contributed by atoms with Crippen LogP contribution in [0.25, 0.3) is 0 Å². The minimum Gasteiger partial charge on any atom is -0.481 e. The molecule has 0 atom stereocenters. The fourth-order valence-corrected chi connectivity index (χ4v) is 2.27. The van der Waals surface area contributed by atoms with Crippen molar-refractivity contribution in [1.29, 1.82) is 0 Å². The van der Waals surface area contributed by atoms with Gasteiger partial charge in [0.1, 0.15) is 0 Å². The second kappa shape index (κ2) is 22.3. The summed E-state index contributed by atoms with van der Waals surface area (Å²) in [6.07, 6.45) is 13.1. The van der Waals surface area contributed by atoms with E-state index in [0.29, 0.717) is 19.5 Å². The van der Waals surface area contributed by atoms with E-state index >= 15 is 0 Å². The standard InChI is InChI=1S/C14H28O2.C4H12N2O2/c1-2-3-4-5-6-7-8-9-10-11-12-13-14(15)16;5-1-2-6-3-4(7)8/h2-13H2,1H3,(H,15,16);4,6-8H,1-3,5H2. The molecule has 0 saturated carbocycles. The zero-order valence-electron chi connectivity index (χ0n) is 15.5. The molecule has 24 heavy (non-hydrogen) atoms. The molecular weight excluding hydrogens is 308 g/mol. The first-order valence-electron chi connectivity index (χ1n) is 9.53. The molecule has 0 spiro atoms. The number of carbonyl (C=O) groups is 1. The molecular formula is C18H40N2O4. The normalized spacial score (nSPS) is 10.5. The third-order valence-corrected chi connectivity index (χ3v) is 3.64. The summed E-state index contributed by atoms with van der Waals surface area (Å²) in [5.41, 5.74) is 5.09. The van der Waals surface area contributed by atoms with Crippen LogP contribution in [0.5, 0.6) is 0 Å². The minimum absolute atomic E-state index is 0.192. The highest BCUT2D eigenvalue weighted by Gasteiger charge is 1.96. The Morgan fingerprint density at radius 3 is 1.75 bits per heavy atom. The number of unbranched alkanes of at least 4 members (excludes halogenated alkanes) is 10. The Hall–Kier alpha value is -0.690. The Balaban J connectivity index is 0. The highest BCUT2D eigenvalue weighted by Crippen LogP contribution is 2.11. The lowest BCUT2D eigenvalue weighted by atomic mass is 10.1. The van der Waals surface area contributed by atoms with Crippen molar-refractivity contribution in [1.82, 2.24) is 5.32 Å². The quantitative estimate of drug-likeness (QED) is 0.216. The molecule has 0 radical (unpaired) electrons. The van der Waals surface area contributed by atoms with Crippen LogP contribution >= 0.6 is 0 Å². The summed E-state index contributed by atoms with van der Waals surface area (Å²) in [5.74, 6) is -0.657. The molecule has 0 aliphatic rings. The SMILES string of the molecule is CCCCCCCCCCCCCC(=O)O.NCCNCC(O)O. The lowest BCUT2D eigenvalue weighted by molar-refractivity contribution is -0.137. The molecule has 6 heteroatoms. The van der Waals surface area contributed by atoms with Gasteiger partial charge in [0.25, 0.3) is 0 Å². The van der Waals surface area contributed by atoms with Crippen molar-refractivity contribution in [2.24, 2.45) is 5.73 Å². The Morgan fingerprint density at radius 2 is 1.38 bits per heavy atom. The molecule has 0 aliphatic carbocycles. The van der Waals surface area contributed by atoms with E-state index in [1.165, 1.54) is 57.8 Å². The monoisotopic (exact) mass is 348 g/mol. The van der Waals surface area contributed by atoms with Gasteiger partial charge in [-0.3, -0.25) is 4.79 Å². The summed E-state index contributed by atoms with van der Waals surface area (Å²) < 4.78 is 0. The van der Waals surface area contributed by atoms with E-state index in [2.05, 4.69) is 12.2 Å². The molecule has 0 aromatic carbocycles. The van der Waals surface area contributed by atoms with Crippen molar-refractivity contribution in [2.75, 3.05) is 19.6 Å². The number of nitrogens with one attached hydrogen (secondary N) is 1. The molecule has 0 rings (SSSR count). The molecule has 0 heterocycles. The largest absolute Gasteiger partial charge is 0.481 e. The summed E-state index contributed by atoms with van der Waals surface area (Å²) in [5, 5.41) is 27.6. The molecule has 0 saturated heterocycles. The van der Waals surface area contributed by atoms with Crippen molar-refractivity contribution in [3.8, 4) is 0 Å². The van der Waals surface area contributed by atoms with E-state index in [1.54, 1.807) is 0 Å². The van der Waals surface area contributed by atoms with Gasteiger partial charge in [0.05, 0.1) is 0 Å². The number of aliphatic hydroxyl groups is 2. The lowest BCUT2D eigenvalue weighted by Crippen LogP contribution is -2.30. The molecule has 0 fully saturated rings. The van der Waals surface area contributed by atoms with Crippen molar-refractivity contribution in [2.45, 2.75) is 90.3 Å². The van der Waals surface area contributed by atoms with Crippen LogP contribution < -0.4 is 11.1 Å². The smallest absolute Gasteiger partial charge is 0.303 e. The van der Waals surface area contributed by atoms with Crippen LogP contribution in [0.15, 0.2) is 0 Å². The van der Waals surface area contributed by atoms with Gasteiger partial charge in [-0.1, -0.05) is 71.1 Å². The van der Waals surface area contributed by atoms with E-state index in [9.17, 15) is 4.79 Å². The second-order valence-electron chi connectivity index (χ2n) is 6.15. The number of hydrogen-bond donors (Lipinski definition) is 5. The maximum atomic E-state index is 10.3. The predicted octanol–water partition coefficient (Wildman–Crippen LogP) is 2.62. The van der Waals surface area contributed by atoms with Crippen LogP contribution in [0.3, 0.4) is 0 Å². The maximum Gasteiger partial charge on any atom is 0.303 e. The molecule has 0 aromatic rings. The number of hydrogen-bond acceptors (Lipinski definition) is 5. The topological polar surface area (TPSA) is 116 Å². The average molecular weight is 349 g/mol. The van der Waals surface area contributed by atoms with Gasteiger partial charge in [-0.15, -0.1) is 0 Å². The van der Waals surface area contributed by atoms with Gasteiger partial charge in [-0.2, -0.15) is 0 Å². The van der Waals surface area contributed by atoms with Crippen molar-refractivity contribution in [3.63, 3.8) is 0 Å². The van der Waals surface area contributed by atoms with Gasteiger partial charge in [0, 0.05) is 26.1 Å². The highest BCUT2D eigenvalue weighted by molar-refractivity contribution is 5.66. The summed E-state index contributed by atoms with van der Waals surface area (Å²) >= 11 is 0. The Bertz CT molecular complexity index is 251. The van der Waals surface area contributed by atoms with Crippen molar-refractivity contribution < 1.29 is 20.1 Å². The van der Waals surface area contributed by atoms with Gasteiger partial charge in [-0.05, 0) is 6.42 Å². The molecule has 0 amide bonds. The number of aliphatic hydroxyl groups excluding tert-OH is 1. The summed E-state index contributed by atoms with van der Waals surface area (Å²) in [6, 6.07) is 0. The van der Waals surface area contributed by atoms with Crippen LogP contribution in [-0.2, 0) is 4.79 Å². The zero-order chi connectivity index (χ0) is 18.5. The average Bonchev–Trinajstić information content (AvgIpc) is 2.53. The van der Waals surface area contributed by atoms with Crippen LogP contribution in [0.2, 0.25) is 0 Å². The molecule has 0 bridgehead atoms. The Kier molecular flexibility index (Phi) is 23.7. The Morgan fingerprint density at radius 1 is 0.917 bits per heavy atom. The summed E-state index contributed by atoms with van der Waals surface area (Å²) in [6.45, 7) is 3.58. The molecule has 6 N–H and O–H groups in total. The van der Waals surface area contributed by atoms with Crippen LogP contribution in [0, 0.1) is 0 Å². The van der Waals surface area contributed by atoms with Crippen molar-refractivity contribution in [3.05, 3.63) is 0 Å². The summed E-state index contributed by atoms with van der Waals surface area (Å²) in [4.78, 5) is 10.3. The Labute approximate surface area is 147 Å². The molecule has 0 aromatic heterocycles. The number of carboxylic acid groups (broad SMARTS) is 1. The molecule has 0 unspecified atom stereocenters. The van der Waals surface area contributed by atoms with E-state index in [0.717, 1.165) is 12.8 Å². The molecule has 6 nitrogen and oxygen atoms in total. The number of nitrogens with two attached hydrogens (primary N) is 1. The predicted molar refractivity (Wildman–Crippen MR) is 98.9 cm³/mol. The van der Waals surface area contributed by atoms with Gasteiger partial charge in [-0.25, -0.2) is 0 Å². The number of aliphatic carboxylic acids is 1. The third kappa shape index (κ3) is 29.3. The van der Waals surface area contributed by atoms with Gasteiger partial charge < -0.3 is 26.4 Å². The first-order valence-corrected chi connectivity index (χ1v) is 9.53. The summed E-state index contributed by atoms with van der Waals surface area (Å²) in [7, 11) is 0. The van der Waals surface area contributed by atoms with Gasteiger partial charge in [0.15, 0.2) is 6.29 Å². The first kappa shape index (κ1) is 25.5. The van der Waals surface area contributed by atoms with E-state index < -0.39 is 12.3 Å². The van der Waals surface area contributed by atoms with Crippen molar-refractivity contribution >= 4 is 5.97 Å². The minimum atomic E-state index is -1.26. The van der Waals surface area contributed by atoms with E-state index in [4.69, 9.17) is 21.1 Å². The van der Waals surface area contributed by atoms with E-state index in [-0.39, 0.29) is 6.54 Å². The van der Waals surface area contributed by atoms with Crippen LogP contribution in [0.4, 0.5) is 0 Å². The fourth-order valence-electron chi connectivity index (χ4n) is 2.27. The van der Waals surface area contributed by atoms with Gasteiger partial charge in [0.2, 0.25) is 0 Å². The van der Waals surface area contributed by atoms with E-state index in [1.807, 2.05) is 0 Å².